The third kappa shape index (κ3) is 11.5. The Hall–Kier alpha value is -3.35. The second-order valence-corrected chi connectivity index (χ2v) is 6.99. The van der Waals surface area contributed by atoms with Crippen molar-refractivity contribution in [1.82, 2.24) is 34.5 Å². The van der Waals surface area contributed by atoms with Gasteiger partial charge in [-0.25, -0.2) is 9.97 Å². The predicted octanol–water partition coefficient (Wildman–Crippen LogP) is 4.25. The first-order valence-electron chi connectivity index (χ1n) is 9.73. The van der Waals surface area contributed by atoms with E-state index in [1.807, 2.05) is 105 Å². The minimum atomic E-state index is 0.838. The number of nitrogens with zero attached hydrogens (tertiary/aromatic N) is 7. The van der Waals surface area contributed by atoms with Crippen LogP contribution in [0.4, 0.5) is 0 Å². The van der Waals surface area contributed by atoms with Crippen LogP contribution in [0, 0.1) is 41.5 Å². The zero-order valence-electron chi connectivity index (χ0n) is 19.3. The SMILES string of the molecule is Cc1cccc(C)n1.Cc1ccn(C)n1.Cc1ccnc(C)n1.Cc1cnn(C)c1. The fourth-order valence-corrected chi connectivity index (χ4v) is 2.33. The van der Waals surface area contributed by atoms with Gasteiger partial charge < -0.3 is 0 Å². The molecule has 0 atom stereocenters. The van der Waals surface area contributed by atoms with E-state index >= 15 is 0 Å². The van der Waals surface area contributed by atoms with Crippen molar-refractivity contribution in [2.24, 2.45) is 14.1 Å². The van der Waals surface area contributed by atoms with Crippen molar-refractivity contribution >= 4 is 0 Å². The van der Waals surface area contributed by atoms with E-state index in [4.69, 9.17) is 0 Å². The third-order valence-electron chi connectivity index (χ3n) is 3.62. The first-order valence-corrected chi connectivity index (χ1v) is 9.73. The molecule has 0 amide bonds. The standard InChI is InChI=1S/C7H9N.C6H8N2.2C5H8N2/c1-6-4-3-5-7(2)8-6;1-5-3-4-7-6(2)8-5;1-5-3-6-7(2)4-5;1-5-3-4-7(2)6-5/h3-5H,1-2H3;3-4H,1-2H3;2*3-4H,1-2H3. The van der Waals surface area contributed by atoms with Gasteiger partial charge >= 0.3 is 0 Å². The van der Waals surface area contributed by atoms with Gasteiger partial charge in [0.2, 0.25) is 0 Å². The van der Waals surface area contributed by atoms with Gasteiger partial charge in [0.05, 0.1) is 11.9 Å². The Labute approximate surface area is 179 Å². The van der Waals surface area contributed by atoms with Crippen molar-refractivity contribution in [3.63, 3.8) is 0 Å². The molecule has 0 N–H and O–H groups in total. The molecule has 0 fully saturated rings. The Kier molecular flexibility index (Phi) is 10.7. The molecule has 4 heterocycles. The van der Waals surface area contributed by atoms with Crippen LogP contribution in [0.3, 0.4) is 0 Å². The highest BCUT2D eigenvalue weighted by molar-refractivity contribution is 5.07. The Morgan fingerprint density at radius 3 is 1.57 bits per heavy atom. The molecule has 0 bridgehead atoms. The van der Waals surface area contributed by atoms with Gasteiger partial charge in [-0.2, -0.15) is 10.2 Å². The molecule has 0 radical (unpaired) electrons. The largest absolute Gasteiger partial charge is 0.276 e. The second kappa shape index (κ2) is 13.0. The normalized spacial score (nSPS) is 9.33. The van der Waals surface area contributed by atoms with Gasteiger partial charge in [-0.05, 0) is 71.4 Å². The molecule has 0 aromatic carbocycles. The van der Waals surface area contributed by atoms with E-state index in [1.54, 1.807) is 15.6 Å². The summed E-state index contributed by atoms with van der Waals surface area (Å²) in [6.07, 6.45) is 7.49. The molecular weight excluding hydrogens is 374 g/mol. The number of rotatable bonds is 0. The van der Waals surface area contributed by atoms with Crippen molar-refractivity contribution in [1.29, 1.82) is 0 Å². The zero-order chi connectivity index (χ0) is 22.5. The Balaban J connectivity index is 0.000000200. The molecule has 7 heteroatoms. The number of pyridine rings is 1. The maximum absolute atomic E-state index is 4.17. The lowest BCUT2D eigenvalue weighted by Crippen LogP contribution is -1.86. The zero-order valence-corrected chi connectivity index (χ0v) is 19.3. The molecule has 0 saturated heterocycles. The quantitative estimate of drug-likeness (QED) is 0.436. The topological polar surface area (TPSA) is 74.3 Å². The highest BCUT2D eigenvalue weighted by atomic mass is 15.2. The molecule has 30 heavy (non-hydrogen) atoms. The van der Waals surface area contributed by atoms with E-state index in [2.05, 4.69) is 25.1 Å². The van der Waals surface area contributed by atoms with Crippen molar-refractivity contribution in [3.8, 4) is 0 Å². The number of hydrogen-bond acceptors (Lipinski definition) is 5. The Bertz CT molecular complexity index is 853. The molecule has 4 aromatic heterocycles. The van der Waals surface area contributed by atoms with E-state index in [0.29, 0.717) is 0 Å². The molecule has 4 rings (SSSR count). The van der Waals surface area contributed by atoms with Crippen LogP contribution in [0.5, 0.6) is 0 Å². The van der Waals surface area contributed by atoms with Crippen molar-refractivity contribution in [2.45, 2.75) is 41.5 Å². The molecule has 0 unspecified atom stereocenters. The molecule has 7 nitrogen and oxygen atoms in total. The van der Waals surface area contributed by atoms with Crippen LogP contribution < -0.4 is 0 Å². The van der Waals surface area contributed by atoms with Crippen LogP contribution in [-0.4, -0.2) is 34.5 Å². The molecule has 4 aromatic rings. The maximum Gasteiger partial charge on any atom is 0.125 e. The summed E-state index contributed by atoms with van der Waals surface area (Å²) in [5.41, 5.74) is 5.48. The average molecular weight is 408 g/mol. The van der Waals surface area contributed by atoms with Crippen LogP contribution in [0.2, 0.25) is 0 Å². The van der Waals surface area contributed by atoms with Gasteiger partial charge in [-0.15, -0.1) is 0 Å². The summed E-state index contributed by atoms with van der Waals surface area (Å²) in [6.45, 7) is 11.8. The molecular formula is C23H33N7. The summed E-state index contributed by atoms with van der Waals surface area (Å²) in [6, 6.07) is 9.85. The third-order valence-corrected chi connectivity index (χ3v) is 3.62. The summed E-state index contributed by atoms with van der Waals surface area (Å²) < 4.78 is 3.57. The lowest BCUT2D eigenvalue weighted by molar-refractivity contribution is 0.756. The van der Waals surface area contributed by atoms with Gasteiger partial charge in [-0.3, -0.25) is 14.3 Å². The lowest BCUT2D eigenvalue weighted by atomic mass is 10.3. The first-order chi connectivity index (χ1) is 14.2. The van der Waals surface area contributed by atoms with Crippen molar-refractivity contribution < 1.29 is 0 Å². The summed E-state index contributed by atoms with van der Waals surface area (Å²) in [5, 5.41) is 7.96. The summed E-state index contributed by atoms with van der Waals surface area (Å²) in [4.78, 5) is 12.2. The minimum absolute atomic E-state index is 0.838. The van der Waals surface area contributed by atoms with E-state index in [-0.39, 0.29) is 0 Å². The highest BCUT2D eigenvalue weighted by Gasteiger charge is 1.84. The van der Waals surface area contributed by atoms with Gasteiger partial charge in [0.15, 0.2) is 0 Å². The summed E-state index contributed by atoms with van der Waals surface area (Å²) >= 11 is 0. The number of aryl methyl sites for hydroxylation is 8. The van der Waals surface area contributed by atoms with Gasteiger partial charge in [0.25, 0.3) is 0 Å². The Morgan fingerprint density at radius 2 is 1.33 bits per heavy atom. The van der Waals surface area contributed by atoms with Crippen molar-refractivity contribution in [3.05, 3.63) is 89.3 Å². The smallest absolute Gasteiger partial charge is 0.125 e. The molecule has 0 aliphatic carbocycles. The summed E-state index contributed by atoms with van der Waals surface area (Å²) in [7, 11) is 3.82. The van der Waals surface area contributed by atoms with E-state index in [1.165, 1.54) is 5.56 Å². The van der Waals surface area contributed by atoms with E-state index in [0.717, 1.165) is 28.6 Å². The molecule has 0 saturated carbocycles. The van der Waals surface area contributed by atoms with Gasteiger partial charge in [0, 0.05) is 49.8 Å². The minimum Gasteiger partial charge on any atom is -0.276 e. The summed E-state index contributed by atoms with van der Waals surface area (Å²) in [5.74, 6) is 0.838. The van der Waals surface area contributed by atoms with Crippen LogP contribution in [0.25, 0.3) is 0 Å². The van der Waals surface area contributed by atoms with E-state index in [9.17, 15) is 0 Å². The van der Waals surface area contributed by atoms with Crippen LogP contribution in [0.15, 0.2) is 55.1 Å². The van der Waals surface area contributed by atoms with Crippen LogP contribution in [0.1, 0.15) is 34.2 Å². The fourth-order valence-electron chi connectivity index (χ4n) is 2.33. The van der Waals surface area contributed by atoms with Gasteiger partial charge in [0.1, 0.15) is 5.82 Å². The second-order valence-electron chi connectivity index (χ2n) is 6.99. The monoisotopic (exact) mass is 407 g/mol. The lowest BCUT2D eigenvalue weighted by Gasteiger charge is -1.90. The van der Waals surface area contributed by atoms with E-state index < -0.39 is 0 Å². The fraction of sp³-hybridized carbons (Fsp3) is 0.348. The molecule has 0 aliphatic rings. The molecule has 160 valence electrons. The van der Waals surface area contributed by atoms with Crippen molar-refractivity contribution in [2.75, 3.05) is 0 Å². The molecule has 0 spiro atoms. The number of hydrogen-bond donors (Lipinski definition) is 0. The predicted molar refractivity (Wildman–Crippen MR) is 121 cm³/mol. The first kappa shape index (κ1) is 24.7. The van der Waals surface area contributed by atoms with Crippen LogP contribution in [-0.2, 0) is 14.1 Å². The Morgan fingerprint density at radius 1 is 0.700 bits per heavy atom. The average Bonchev–Trinajstić information content (AvgIpc) is 3.22. The van der Waals surface area contributed by atoms with Gasteiger partial charge in [-0.1, -0.05) is 6.07 Å². The highest BCUT2D eigenvalue weighted by Crippen LogP contribution is 1.94. The molecule has 0 aliphatic heterocycles. The van der Waals surface area contributed by atoms with Crippen LogP contribution >= 0.6 is 0 Å². The maximum atomic E-state index is 4.17. The number of aromatic nitrogens is 7.